The van der Waals surface area contributed by atoms with E-state index in [0.29, 0.717) is 6.04 Å². The van der Waals surface area contributed by atoms with Crippen molar-refractivity contribution in [2.24, 2.45) is 0 Å². The highest BCUT2D eigenvalue weighted by Crippen LogP contribution is 2.18. The van der Waals surface area contributed by atoms with Gasteiger partial charge in [-0.05, 0) is 45.9 Å². The van der Waals surface area contributed by atoms with E-state index in [4.69, 9.17) is 4.74 Å². The van der Waals surface area contributed by atoms with Crippen molar-refractivity contribution in [3.05, 3.63) is 29.8 Å². The Morgan fingerprint density at radius 3 is 2.21 bits per heavy atom. The fourth-order valence-electron chi connectivity index (χ4n) is 1.97. The molecule has 0 aliphatic carbocycles. The molecule has 1 rings (SSSR count). The second kappa shape index (κ2) is 8.15. The number of nitrogens with one attached hydrogen (secondary N) is 1. The number of hydrogen-bond donors (Lipinski definition) is 1. The Labute approximate surface area is 117 Å². The largest absolute Gasteiger partial charge is 0.497 e. The summed E-state index contributed by atoms with van der Waals surface area (Å²) in [6.07, 6.45) is 0. The lowest BCUT2D eigenvalue weighted by Gasteiger charge is -2.25. The quantitative estimate of drug-likeness (QED) is 0.770. The predicted molar refractivity (Wildman–Crippen MR) is 80.8 cm³/mol. The van der Waals surface area contributed by atoms with Crippen LogP contribution in [0.5, 0.6) is 5.75 Å². The standard InChI is InChI=1S/C15H27N3O/c1-16-15(12-18(4)11-10-17(2)3)13-6-8-14(19-5)9-7-13/h6-9,15-16H,10-12H2,1-5H3. The van der Waals surface area contributed by atoms with Crippen molar-refractivity contribution in [1.29, 1.82) is 0 Å². The van der Waals surface area contributed by atoms with Crippen LogP contribution >= 0.6 is 0 Å². The summed E-state index contributed by atoms with van der Waals surface area (Å²) in [7, 11) is 10.1. The molecule has 0 radical (unpaired) electrons. The molecule has 0 saturated heterocycles. The van der Waals surface area contributed by atoms with Crippen LogP contribution in [-0.4, -0.2) is 64.7 Å². The summed E-state index contributed by atoms with van der Waals surface area (Å²) in [6, 6.07) is 8.62. The molecule has 0 fully saturated rings. The SMILES string of the molecule is CNC(CN(C)CCN(C)C)c1ccc(OC)cc1. The van der Waals surface area contributed by atoms with E-state index in [2.05, 4.69) is 48.4 Å². The van der Waals surface area contributed by atoms with Crippen LogP contribution in [0.1, 0.15) is 11.6 Å². The average molecular weight is 265 g/mol. The summed E-state index contributed by atoms with van der Waals surface area (Å²) in [5.74, 6) is 0.902. The van der Waals surface area contributed by atoms with Gasteiger partial charge in [-0.25, -0.2) is 0 Å². The van der Waals surface area contributed by atoms with Crippen molar-refractivity contribution in [3.8, 4) is 5.75 Å². The van der Waals surface area contributed by atoms with E-state index in [1.54, 1.807) is 7.11 Å². The van der Waals surface area contributed by atoms with E-state index in [0.717, 1.165) is 25.4 Å². The van der Waals surface area contributed by atoms with E-state index in [9.17, 15) is 0 Å². The Kier molecular flexibility index (Phi) is 6.84. The average Bonchev–Trinajstić information content (AvgIpc) is 2.42. The zero-order valence-corrected chi connectivity index (χ0v) is 12.8. The molecule has 4 heteroatoms. The van der Waals surface area contributed by atoms with Gasteiger partial charge in [-0.1, -0.05) is 12.1 Å². The van der Waals surface area contributed by atoms with Gasteiger partial charge in [-0.2, -0.15) is 0 Å². The molecule has 0 aromatic heterocycles. The Hall–Kier alpha value is -1.10. The number of hydrogen-bond acceptors (Lipinski definition) is 4. The van der Waals surface area contributed by atoms with Crippen LogP contribution in [0, 0.1) is 0 Å². The van der Waals surface area contributed by atoms with Gasteiger partial charge < -0.3 is 19.9 Å². The molecule has 1 unspecified atom stereocenters. The van der Waals surface area contributed by atoms with E-state index in [-0.39, 0.29) is 0 Å². The molecular weight excluding hydrogens is 238 g/mol. The molecule has 1 N–H and O–H groups in total. The highest BCUT2D eigenvalue weighted by Gasteiger charge is 2.12. The Morgan fingerprint density at radius 1 is 1.11 bits per heavy atom. The lowest BCUT2D eigenvalue weighted by molar-refractivity contribution is 0.260. The van der Waals surface area contributed by atoms with Crippen molar-refractivity contribution >= 4 is 0 Å². The van der Waals surface area contributed by atoms with E-state index >= 15 is 0 Å². The van der Waals surface area contributed by atoms with Gasteiger partial charge in [-0.15, -0.1) is 0 Å². The maximum atomic E-state index is 5.19. The van der Waals surface area contributed by atoms with Crippen molar-refractivity contribution in [3.63, 3.8) is 0 Å². The lowest BCUT2D eigenvalue weighted by Crippen LogP contribution is -2.35. The summed E-state index contributed by atoms with van der Waals surface area (Å²) < 4.78 is 5.19. The van der Waals surface area contributed by atoms with E-state index < -0.39 is 0 Å². The Balaban J connectivity index is 2.56. The molecule has 0 aliphatic heterocycles. The summed E-state index contributed by atoms with van der Waals surface area (Å²) in [4.78, 5) is 4.56. The minimum absolute atomic E-state index is 0.345. The second-order valence-corrected chi connectivity index (χ2v) is 5.18. The van der Waals surface area contributed by atoms with Crippen molar-refractivity contribution in [2.45, 2.75) is 6.04 Å². The van der Waals surface area contributed by atoms with Gasteiger partial charge in [0.15, 0.2) is 0 Å². The van der Waals surface area contributed by atoms with Crippen LogP contribution in [0.15, 0.2) is 24.3 Å². The smallest absolute Gasteiger partial charge is 0.118 e. The lowest BCUT2D eigenvalue weighted by atomic mass is 10.1. The Bertz CT molecular complexity index is 351. The topological polar surface area (TPSA) is 27.7 Å². The molecule has 4 nitrogen and oxygen atoms in total. The third-order valence-electron chi connectivity index (χ3n) is 3.29. The molecule has 0 heterocycles. The number of ether oxygens (including phenoxy) is 1. The molecular formula is C15H27N3O. The normalized spacial score (nSPS) is 13.0. The van der Waals surface area contributed by atoms with Crippen molar-refractivity contribution in [2.75, 3.05) is 54.9 Å². The second-order valence-electron chi connectivity index (χ2n) is 5.18. The first-order valence-electron chi connectivity index (χ1n) is 6.71. The maximum Gasteiger partial charge on any atom is 0.118 e. The van der Waals surface area contributed by atoms with Crippen LogP contribution in [-0.2, 0) is 0 Å². The van der Waals surface area contributed by atoms with Gasteiger partial charge in [0.25, 0.3) is 0 Å². The maximum absolute atomic E-state index is 5.19. The molecule has 0 spiro atoms. The van der Waals surface area contributed by atoms with Gasteiger partial charge >= 0.3 is 0 Å². The fraction of sp³-hybridized carbons (Fsp3) is 0.600. The highest BCUT2D eigenvalue weighted by molar-refractivity contribution is 5.29. The van der Waals surface area contributed by atoms with Crippen LogP contribution in [0.3, 0.4) is 0 Å². The monoisotopic (exact) mass is 265 g/mol. The molecule has 1 aromatic carbocycles. The zero-order valence-electron chi connectivity index (χ0n) is 12.8. The van der Waals surface area contributed by atoms with Gasteiger partial charge in [0.1, 0.15) is 5.75 Å². The predicted octanol–water partition coefficient (Wildman–Crippen LogP) is 1.45. The Morgan fingerprint density at radius 2 is 1.74 bits per heavy atom. The first kappa shape index (κ1) is 16.0. The van der Waals surface area contributed by atoms with Crippen LogP contribution in [0.4, 0.5) is 0 Å². The first-order valence-corrected chi connectivity index (χ1v) is 6.71. The van der Waals surface area contributed by atoms with Gasteiger partial charge in [0.05, 0.1) is 7.11 Å². The number of benzene rings is 1. The zero-order chi connectivity index (χ0) is 14.3. The first-order chi connectivity index (χ1) is 9.06. The van der Waals surface area contributed by atoms with Crippen molar-refractivity contribution < 1.29 is 4.74 Å². The number of rotatable bonds is 8. The van der Waals surface area contributed by atoms with Gasteiger partial charge in [-0.3, -0.25) is 0 Å². The molecule has 19 heavy (non-hydrogen) atoms. The van der Waals surface area contributed by atoms with Gasteiger partial charge in [0.2, 0.25) is 0 Å². The molecule has 108 valence electrons. The molecule has 0 saturated carbocycles. The molecule has 0 aliphatic rings. The summed E-state index contributed by atoms with van der Waals surface area (Å²) >= 11 is 0. The van der Waals surface area contributed by atoms with Crippen LogP contribution < -0.4 is 10.1 Å². The minimum Gasteiger partial charge on any atom is -0.497 e. The van der Waals surface area contributed by atoms with Gasteiger partial charge in [0, 0.05) is 25.7 Å². The number of methoxy groups -OCH3 is 1. The van der Waals surface area contributed by atoms with Crippen LogP contribution in [0.2, 0.25) is 0 Å². The van der Waals surface area contributed by atoms with E-state index in [1.807, 2.05) is 19.2 Å². The van der Waals surface area contributed by atoms with Crippen LogP contribution in [0.25, 0.3) is 0 Å². The van der Waals surface area contributed by atoms with E-state index in [1.165, 1.54) is 5.56 Å². The fourth-order valence-corrected chi connectivity index (χ4v) is 1.97. The number of likely N-dealkylation sites (N-methyl/N-ethyl adjacent to an activating group) is 3. The minimum atomic E-state index is 0.345. The molecule has 0 bridgehead atoms. The third kappa shape index (κ3) is 5.59. The summed E-state index contributed by atoms with van der Waals surface area (Å²) in [5.41, 5.74) is 1.29. The summed E-state index contributed by atoms with van der Waals surface area (Å²) in [6.45, 7) is 3.15. The number of nitrogens with zero attached hydrogens (tertiary/aromatic N) is 2. The van der Waals surface area contributed by atoms with Crippen molar-refractivity contribution in [1.82, 2.24) is 15.1 Å². The highest BCUT2D eigenvalue weighted by atomic mass is 16.5. The molecule has 1 aromatic rings. The molecule has 0 amide bonds. The third-order valence-corrected chi connectivity index (χ3v) is 3.29. The summed E-state index contributed by atoms with van der Waals surface area (Å²) in [5, 5.41) is 3.38. The molecule has 1 atom stereocenters.